The van der Waals surface area contributed by atoms with E-state index < -0.39 is 5.97 Å². The summed E-state index contributed by atoms with van der Waals surface area (Å²) in [4.78, 5) is 28.8. The van der Waals surface area contributed by atoms with Gasteiger partial charge in [0.05, 0.1) is 12.7 Å². The van der Waals surface area contributed by atoms with Gasteiger partial charge in [0.2, 0.25) is 0 Å². The van der Waals surface area contributed by atoms with E-state index in [0.29, 0.717) is 23.7 Å². The molecule has 1 aromatic rings. The van der Waals surface area contributed by atoms with Crippen LogP contribution in [0.3, 0.4) is 0 Å². The van der Waals surface area contributed by atoms with Crippen molar-refractivity contribution in [1.82, 2.24) is 9.88 Å². The highest BCUT2D eigenvalue weighted by molar-refractivity contribution is 5.94. The van der Waals surface area contributed by atoms with Gasteiger partial charge >= 0.3 is 5.97 Å². The zero-order chi connectivity index (χ0) is 13.7. The molecular weight excluding hydrogens is 232 g/mol. The van der Waals surface area contributed by atoms with Crippen LogP contribution in [0, 0.1) is 5.92 Å². The van der Waals surface area contributed by atoms with Gasteiger partial charge in [-0.2, -0.15) is 0 Å². The van der Waals surface area contributed by atoms with Crippen LogP contribution >= 0.6 is 0 Å². The summed E-state index contributed by atoms with van der Waals surface area (Å²) < 4.78 is 4.56. The highest BCUT2D eigenvalue weighted by Gasteiger charge is 2.15. The second kappa shape index (κ2) is 6.14. The minimum absolute atomic E-state index is 0.153. The Morgan fingerprint density at radius 2 is 2.06 bits per heavy atom. The maximum Gasteiger partial charge on any atom is 0.339 e. The van der Waals surface area contributed by atoms with Gasteiger partial charge in [0.15, 0.2) is 0 Å². The lowest BCUT2D eigenvalue weighted by molar-refractivity contribution is 0.0599. The SMILES string of the molecule is COC(=O)c1ccc(C(=O)N(C)CC(C)C)nc1. The zero-order valence-electron chi connectivity index (χ0n) is 11.1. The summed E-state index contributed by atoms with van der Waals surface area (Å²) in [6.45, 7) is 4.74. The molecule has 0 aromatic carbocycles. The number of rotatable bonds is 4. The summed E-state index contributed by atoms with van der Waals surface area (Å²) in [7, 11) is 3.04. The van der Waals surface area contributed by atoms with Gasteiger partial charge in [0.1, 0.15) is 5.69 Å². The minimum atomic E-state index is -0.461. The van der Waals surface area contributed by atoms with Gasteiger partial charge in [0, 0.05) is 19.8 Å². The standard InChI is InChI=1S/C13H18N2O3/c1-9(2)8-15(3)12(16)11-6-5-10(7-14-11)13(17)18-4/h5-7,9H,8H2,1-4H3. The van der Waals surface area contributed by atoms with Crippen LogP contribution in [0.5, 0.6) is 0 Å². The third-order valence-corrected chi connectivity index (χ3v) is 2.39. The highest BCUT2D eigenvalue weighted by Crippen LogP contribution is 2.06. The van der Waals surface area contributed by atoms with Crippen molar-refractivity contribution >= 4 is 11.9 Å². The normalized spacial score (nSPS) is 10.3. The van der Waals surface area contributed by atoms with E-state index >= 15 is 0 Å². The Labute approximate surface area is 107 Å². The number of ether oxygens (including phenoxy) is 1. The third kappa shape index (κ3) is 3.55. The Balaban J connectivity index is 2.79. The zero-order valence-corrected chi connectivity index (χ0v) is 11.1. The van der Waals surface area contributed by atoms with Crippen molar-refractivity contribution in [1.29, 1.82) is 0 Å². The molecule has 0 aliphatic rings. The number of hydrogen-bond donors (Lipinski definition) is 0. The van der Waals surface area contributed by atoms with E-state index in [9.17, 15) is 9.59 Å². The van der Waals surface area contributed by atoms with Crippen molar-refractivity contribution in [2.75, 3.05) is 20.7 Å². The summed E-state index contributed by atoms with van der Waals surface area (Å²) in [6.07, 6.45) is 1.35. The quantitative estimate of drug-likeness (QED) is 0.761. The molecule has 5 nitrogen and oxygen atoms in total. The van der Waals surface area contributed by atoms with Gasteiger partial charge in [0.25, 0.3) is 5.91 Å². The Hall–Kier alpha value is -1.91. The number of carbonyl (C=O) groups excluding carboxylic acids is 2. The molecule has 0 unspecified atom stereocenters. The van der Waals surface area contributed by atoms with Crippen LogP contribution in [0.1, 0.15) is 34.7 Å². The fourth-order valence-corrected chi connectivity index (χ4v) is 1.59. The van der Waals surface area contributed by atoms with Crippen molar-refractivity contribution in [3.05, 3.63) is 29.6 Å². The van der Waals surface area contributed by atoms with Gasteiger partial charge < -0.3 is 9.64 Å². The fraction of sp³-hybridized carbons (Fsp3) is 0.462. The summed E-state index contributed by atoms with van der Waals surface area (Å²) in [5, 5.41) is 0. The predicted octanol–water partition coefficient (Wildman–Crippen LogP) is 1.60. The monoisotopic (exact) mass is 250 g/mol. The van der Waals surface area contributed by atoms with Gasteiger partial charge in [-0.1, -0.05) is 13.8 Å². The molecule has 1 amide bonds. The second-order valence-corrected chi connectivity index (χ2v) is 4.50. The molecule has 0 aliphatic heterocycles. The topological polar surface area (TPSA) is 59.5 Å². The van der Waals surface area contributed by atoms with Crippen molar-refractivity contribution in [3.8, 4) is 0 Å². The van der Waals surface area contributed by atoms with Crippen LogP contribution in [0.2, 0.25) is 0 Å². The molecule has 0 N–H and O–H groups in total. The van der Waals surface area contributed by atoms with E-state index in [4.69, 9.17) is 0 Å². The van der Waals surface area contributed by atoms with E-state index in [1.165, 1.54) is 25.4 Å². The molecule has 0 bridgehead atoms. The van der Waals surface area contributed by atoms with E-state index in [-0.39, 0.29) is 5.91 Å². The molecule has 18 heavy (non-hydrogen) atoms. The lowest BCUT2D eigenvalue weighted by Gasteiger charge is -2.18. The van der Waals surface area contributed by atoms with Crippen molar-refractivity contribution in [2.24, 2.45) is 5.92 Å². The number of hydrogen-bond acceptors (Lipinski definition) is 4. The number of nitrogens with zero attached hydrogens (tertiary/aromatic N) is 2. The number of carbonyl (C=O) groups is 2. The molecule has 0 atom stereocenters. The first-order valence-corrected chi connectivity index (χ1v) is 5.75. The molecule has 1 aromatic heterocycles. The van der Waals surface area contributed by atoms with Crippen LogP contribution in [-0.2, 0) is 4.74 Å². The summed E-state index contributed by atoms with van der Waals surface area (Å²) in [6, 6.07) is 3.07. The molecule has 1 heterocycles. The first-order valence-electron chi connectivity index (χ1n) is 5.75. The largest absolute Gasteiger partial charge is 0.465 e. The molecule has 0 radical (unpaired) electrons. The Morgan fingerprint density at radius 1 is 1.39 bits per heavy atom. The minimum Gasteiger partial charge on any atom is -0.465 e. The Kier molecular flexibility index (Phi) is 4.83. The fourth-order valence-electron chi connectivity index (χ4n) is 1.59. The molecule has 1 rings (SSSR count). The molecule has 0 aliphatic carbocycles. The maximum atomic E-state index is 12.0. The number of pyridine rings is 1. The predicted molar refractivity (Wildman–Crippen MR) is 67.4 cm³/mol. The summed E-state index contributed by atoms with van der Waals surface area (Å²) >= 11 is 0. The van der Waals surface area contributed by atoms with E-state index in [0.717, 1.165) is 0 Å². The van der Waals surface area contributed by atoms with E-state index in [1.807, 2.05) is 13.8 Å². The molecule has 0 fully saturated rings. The second-order valence-electron chi connectivity index (χ2n) is 4.50. The number of methoxy groups -OCH3 is 1. The van der Waals surface area contributed by atoms with Crippen LogP contribution in [0.15, 0.2) is 18.3 Å². The van der Waals surface area contributed by atoms with Crippen molar-refractivity contribution in [2.45, 2.75) is 13.8 Å². The van der Waals surface area contributed by atoms with E-state index in [2.05, 4.69) is 9.72 Å². The molecule has 0 saturated carbocycles. The maximum absolute atomic E-state index is 12.0. The van der Waals surface area contributed by atoms with Gasteiger partial charge in [-0.3, -0.25) is 9.78 Å². The Bertz CT molecular complexity index is 426. The highest BCUT2D eigenvalue weighted by atomic mass is 16.5. The van der Waals surface area contributed by atoms with Crippen LogP contribution in [-0.4, -0.2) is 42.5 Å². The molecule has 0 spiro atoms. The van der Waals surface area contributed by atoms with Gasteiger partial charge in [-0.15, -0.1) is 0 Å². The van der Waals surface area contributed by atoms with Crippen molar-refractivity contribution in [3.63, 3.8) is 0 Å². The smallest absolute Gasteiger partial charge is 0.339 e. The van der Waals surface area contributed by atoms with Crippen LogP contribution in [0.25, 0.3) is 0 Å². The van der Waals surface area contributed by atoms with Gasteiger partial charge in [-0.05, 0) is 18.1 Å². The first-order chi connectivity index (χ1) is 8.45. The average Bonchev–Trinajstić information content (AvgIpc) is 2.36. The lowest BCUT2D eigenvalue weighted by atomic mass is 10.2. The summed E-state index contributed by atoms with van der Waals surface area (Å²) in [5.41, 5.74) is 0.659. The van der Waals surface area contributed by atoms with Gasteiger partial charge in [-0.25, -0.2) is 4.79 Å². The summed E-state index contributed by atoms with van der Waals surface area (Å²) in [5.74, 6) is -0.217. The van der Waals surface area contributed by atoms with Crippen molar-refractivity contribution < 1.29 is 14.3 Å². The number of esters is 1. The number of aromatic nitrogens is 1. The third-order valence-electron chi connectivity index (χ3n) is 2.39. The molecule has 98 valence electrons. The van der Waals surface area contributed by atoms with Crippen LogP contribution < -0.4 is 0 Å². The lowest BCUT2D eigenvalue weighted by Crippen LogP contribution is -2.30. The number of amides is 1. The van der Waals surface area contributed by atoms with Crippen LogP contribution in [0.4, 0.5) is 0 Å². The Morgan fingerprint density at radius 3 is 2.50 bits per heavy atom. The molecule has 5 heteroatoms. The first kappa shape index (κ1) is 14.2. The average molecular weight is 250 g/mol. The molecular formula is C13H18N2O3. The molecule has 0 saturated heterocycles. The van der Waals surface area contributed by atoms with E-state index in [1.54, 1.807) is 11.9 Å².